The molecule has 0 spiro atoms. The van der Waals surface area contributed by atoms with Gasteiger partial charge in [-0.3, -0.25) is 0 Å². The normalized spacial score (nSPS) is 13.7. The van der Waals surface area contributed by atoms with Crippen molar-refractivity contribution in [3.05, 3.63) is 42.2 Å². The monoisotopic (exact) mass is 302 g/mol. The lowest BCUT2D eigenvalue weighted by atomic mass is 10.0. The molecule has 0 bridgehead atoms. The zero-order chi connectivity index (χ0) is 16.1. The highest BCUT2D eigenvalue weighted by atomic mass is 16.5. The maximum Gasteiger partial charge on any atom is 0.322 e. The summed E-state index contributed by atoms with van der Waals surface area (Å²) in [5.41, 5.74) is 7.34. The van der Waals surface area contributed by atoms with E-state index in [-0.39, 0.29) is 6.01 Å². The number of nitrogens with zero attached hydrogens (tertiary/aromatic N) is 2. The Hall–Kier alpha value is -2.18. The van der Waals surface area contributed by atoms with E-state index < -0.39 is 12.3 Å². The Balaban J connectivity index is 2.03. The molecule has 1 aromatic heterocycles. The molecule has 2 atom stereocenters. The van der Waals surface area contributed by atoms with Crippen molar-refractivity contribution in [1.29, 1.82) is 0 Å². The lowest BCUT2D eigenvalue weighted by Crippen LogP contribution is -2.37. The van der Waals surface area contributed by atoms with Crippen molar-refractivity contribution in [3.63, 3.8) is 0 Å². The zero-order valence-electron chi connectivity index (χ0n) is 13.0. The molecule has 0 unspecified atom stereocenters. The summed E-state index contributed by atoms with van der Waals surface area (Å²) in [5, 5.41) is 12.5. The number of nitrogens with two attached hydrogens (primary N) is 1. The first kappa shape index (κ1) is 16.2. The van der Waals surface area contributed by atoms with Crippen LogP contribution in [-0.4, -0.2) is 27.3 Å². The SMILES string of the molecule is CC(C)c1cccc(Oc2ncc(N[C@H](O)[C@@H](C)N)cn2)c1. The fourth-order valence-corrected chi connectivity index (χ4v) is 1.79. The summed E-state index contributed by atoms with van der Waals surface area (Å²) in [6, 6.07) is 7.69. The molecule has 4 N–H and O–H groups in total. The molecule has 0 fully saturated rings. The van der Waals surface area contributed by atoms with Crippen molar-refractivity contribution in [1.82, 2.24) is 9.97 Å². The number of hydrogen-bond acceptors (Lipinski definition) is 6. The van der Waals surface area contributed by atoms with Crippen LogP contribution in [0, 0.1) is 0 Å². The van der Waals surface area contributed by atoms with E-state index in [4.69, 9.17) is 10.5 Å². The summed E-state index contributed by atoms with van der Waals surface area (Å²) >= 11 is 0. The number of aromatic nitrogens is 2. The highest BCUT2D eigenvalue weighted by molar-refractivity contribution is 5.39. The van der Waals surface area contributed by atoms with Gasteiger partial charge in [0.1, 0.15) is 12.0 Å². The average Bonchev–Trinajstić information content (AvgIpc) is 2.49. The van der Waals surface area contributed by atoms with Gasteiger partial charge >= 0.3 is 6.01 Å². The quantitative estimate of drug-likeness (QED) is 0.710. The van der Waals surface area contributed by atoms with Gasteiger partial charge in [0, 0.05) is 6.04 Å². The maximum atomic E-state index is 9.64. The molecule has 2 aromatic rings. The third-order valence-electron chi connectivity index (χ3n) is 3.17. The second-order valence-corrected chi connectivity index (χ2v) is 5.53. The molecular weight excluding hydrogens is 280 g/mol. The number of anilines is 1. The minimum absolute atomic E-state index is 0.252. The van der Waals surface area contributed by atoms with Crippen molar-refractivity contribution in [2.45, 2.75) is 39.0 Å². The van der Waals surface area contributed by atoms with E-state index in [0.29, 0.717) is 17.4 Å². The predicted molar refractivity (Wildman–Crippen MR) is 85.9 cm³/mol. The van der Waals surface area contributed by atoms with Gasteiger partial charge in [0.2, 0.25) is 0 Å². The molecule has 0 saturated carbocycles. The molecule has 6 heteroatoms. The number of ether oxygens (including phenoxy) is 1. The van der Waals surface area contributed by atoms with E-state index in [1.165, 1.54) is 5.56 Å². The van der Waals surface area contributed by atoms with Gasteiger partial charge < -0.3 is 20.9 Å². The van der Waals surface area contributed by atoms with Gasteiger partial charge in [-0.1, -0.05) is 26.0 Å². The minimum atomic E-state index is -0.849. The van der Waals surface area contributed by atoms with Crippen molar-refractivity contribution < 1.29 is 9.84 Å². The molecule has 0 radical (unpaired) electrons. The maximum absolute atomic E-state index is 9.64. The standard InChI is InChI=1S/C16H22N4O2/c1-10(2)12-5-4-6-14(7-12)22-16-18-8-13(9-19-16)20-15(21)11(3)17/h4-11,15,20-21H,17H2,1-3H3/t11-,15-/m1/s1. The molecule has 1 heterocycles. The van der Waals surface area contributed by atoms with Crippen LogP contribution in [-0.2, 0) is 0 Å². The Labute approximate surface area is 130 Å². The summed E-state index contributed by atoms with van der Waals surface area (Å²) in [6.07, 6.45) is 2.23. The van der Waals surface area contributed by atoms with E-state index in [1.807, 2.05) is 18.2 Å². The van der Waals surface area contributed by atoms with E-state index in [1.54, 1.807) is 19.3 Å². The molecule has 0 amide bonds. The van der Waals surface area contributed by atoms with Crippen LogP contribution < -0.4 is 15.8 Å². The number of hydrogen-bond donors (Lipinski definition) is 3. The molecule has 0 aliphatic carbocycles. The molecule has 0 aliphatic heterocycles. The van der Waals surface area contributed by atoms with E-state index in [0.717, 1.165) is 0 Å². The smallest absolute Gasteiger partial charge is 0.322 e. The Morgan fingerprint density at radius 3 is 2.45 bits per heavy atom. The number of aliphatic hydroxyl groups is 1. The zero-order valence-corrected chi connectivity index (χ0v) is 13.0. The van der Waals surface area contributed by atoms with Crippen LogP contribution in [0.2, 0.25) is 0 Å². The summed E-state index contributed by atoms with van der Waals surface area (Å²) in [6.45, 7) is 5.96. The Morgan fingerprint density at radius 2 is 1.86 bits per heavy atom. The fraction of sp³-hybridized carbons (Fsp3) is 0.375. The van der Waals surface area contributed by atoms with Gasteiger partial charge in [0.05, 0.1) is 18.1 Å². The van der Waals surface area contributed by atoms with Crippen LogP contribution in [0.1, 0.15) is 32.3 Å². The van der Waals surface area contributed by atoms with E-state index in [9.17, 15) is 5.11 Å². The topological polar surface area (TPSA) is 93.3 Å². The molecule has 118 valence electrons. The van der Waals surface area contributed by atoms with Crippen molar-refractivity contribution >= 4 is 5.69 Å². The van der Waals surface area contributed by atoms with Gasteiger partial charge in [-0.05, 0) is 30.5 Å². The van der Waals surface area contributed by atoms with E-state index in [2.05, 4.69) is 35.2 Å². The molecule has 0 saturated heterocycles. The van der Waals surface area contributed by atoms with Crippen molar-refractivity contribution in [3.8, 4) is 11.8 Å². The van der Waals surface area contributed by atoms with Crippen molar-refractivity contribution in [2.24, 2.45) is 5.73 Å². The molecule has 6 nitrogen and oxygen atoms in total. The van der Waals surface area contributed by atoms with Gasteiger partial charge in [-0.15, -0.1) is 0 Å². The molecule has 1 aromatic carbocycles. The number of nitrogens with one attached hydrogen (secondary N) is 1. The lowest BCUT2D eigenvalue weighted by Gasteiger charge is -2.16. The molecule has 0 aliphatic rings. The van der Waals surface area contributed by atoms with Crippen LogP contribution in [0.25, 0.3) is 0 Å². The number of benzene rings is 1. The van der Waals surface area contributed by atoms with Gasteiger partial charge in [-0.25, -0.2) is 9.97 Å². The van der Waals surface area contributed by atoms with Gasteiger partial charge in [-0.2, -0.15) is 0 Å². The molecular formula is C16H22N4O2. The first-order valence-electron chi connectivity index (χ1n) is 7.25. The summed E-state index contributed by atoms with van der Waals surface area (Å²) in [7, 11) is 0. The van der Waals surface area contributed by atoms with Crippen LogP contribution in [0.15, 0.2) is 36.7 Å². The van der Waals surface area contributed by atoms with Crippen LogP contribution in [0.4, 0.5) is 5.69 Å². The second kappa shape index (κ2) is 7.20. The third-order valence-corrected chi connectivity index (χ3v) is 3.17. The minimum Gasteiger partial charge on any atom is -0.424 e. The highest BCUT2D eigenvalue weighted by Crippen LogP contribution is 2.23. The van der Waals surface area contributed by atoms with Gasteiger partial charge in [0.25, 0.3) is 0 Å². The fourth-order valence-electron chi connectivity index (χ4n) is 1.79. The third kappa shape index (κ3) is 4.41. The van der Waals surface area contributed by atoms with Crippen molar-refractivity contribution in [2.75, 3.05) is 5.32 Å². The molecule has 22 heavy (non-hydrogen) atoms. The first-order chi connectivity index (χ1) is 10.5. The van der Waals surface area contributed by atoms with Gasteiger partial charge in [0.15, 0.2) is 0 Å². The van der Waals surface area contributed by atoms with Crippen LogP contribution in [0.5, 0.6) is 11.8 Å². The summed E-state index contributed by atoms with van der Waals surface area (Å²) in [4.78, 5) is 8.23. The largest absolute Gasteiger partial charge is 0.424 e. The second-order valence-electron chi connectivity index (χ2n) is 5.53. The average molecular weight is 302 g/mol. The van der Waals surface area contributed by atoms with Crippen LogP contribution >= 0.6 is 0 Å². The van der Waals surface area contributed by atoms with E-state index >= 15 is 0 Å². The Morgan fingerprint density at radius 1 is 1.18 bits per heavy atom. The number of aliphatic hydroxyl groups excluding tert-OH is 1. The Kier molecular flexibility index (Phi) is 5.30. The van der Waals surface area contributed by atoms with Crippen LogP contribution in [0.3, 0.4) is 0 Å². The highest BCUT2D eigenvalue weighted by Gasteiger charge is 2.10. The Bertz CT molecular complexity index is 599. The summed E-state index contributed by atoms with van der Waals surface area (Å²) in [5.74, 6) is 1.12. The summed E-state index contributed by atoms with van der Waals surface area (Å²) < 4.78 is 5.64. The first-order valence-corrected chi connectivity index (χ1v) is 7.25. The number of rotatable bonds is 6. The lowest BCUT2D eigenvalue weighted by molar-refractivity contribution is 0.179. The predicted octanol–water partition coefficient (Wildman–Crippen LogP) is 2.47. The molecule has 2 rings (SSSR count).